The summed E-state index contributed by atoms with van der Waals surface area (Å²) in [6.07, 6.45) is 6.61. The smallest absolute Gasteiger partial charge is 0.152 e. The Bertz CT molecular complexity index is 985. The summed E-state index contributed by atoms with van der Waals surface area (Å²) >= 11 is 0. The molecular formula is C25H22N2O2. The Balaban J connectivity index is 1.74. The van der Waals surface area contributed by atoms with E-state index in [4.69, 9.17) is 9.47 Å². The maximum absolute atomic E-state index is 6.56. The summed E-state index contributed by atoms with van der Waals surface area (Å²) in [6.45, 7) is 0. The summed E-state index contributed by atoms with van der Waals surface area (Å²) in [5.41, 5.74) is 3.97. The van der Waals surface area contributed by atoms with Crippen LogP contribution in [0, 0.1) is 0 Å². The van der Waals surface area contributed by atoms with Crippen molar-refractivity contribution < 1.29 is 9.47 Å². The monoisotopic (exact) mass is 382 g/mol. The fourth-order valence-corrected chi connectivity index (χ4v) is 3.39. The predicted molar refractivity (Wildman–Crippen MR) is 113 cm³/mol. The van der Waals surface area contributed by atoms with E-state index in [1.165, 1.54) is 0 Å². The first kappa shape index (κ1) is 18.8. The van der Waals surface area contributed by atoms with E-state index >= 15 is 0 Å². The summed E-state index contributed by atoms with van der Waals surface area (Å²) in [7, 11) is 1.72. The van der Waals surface area contributed by atoms with Crippen molar-refractivity contribution in [2.24, 2.45) is 0 Å². The van der Waals surface area contributed by atoms with Gasteiger partial charge in [-0.1, -0.05) is 60.7 Å². The summed E-state index contributed by atoms with van der Waals surface area (Å²) in [6, 6.07) is 26.0. The molecule has 0 aliphatic heterocycles. The van der Waals surface area contributed by atoms with Gasteiger partial charge in [-0.25, -0.2) is 0 Å². The first-order chi connectivity index (χ1) is 14.4. The van der Waals surface area contributed by atoms with Gasteiger partial charge in [0.05, 0.1) is 0 Å². The van der Waals surface area contributed by atoms with Crippen molar-refractivity contribution in [2.75, 3.05) is 7.11 Å². The molecular weight excluding hydrogens is 360 g/mol. The minimum absolute atomic E-state index is 0.226. The highest BCUT2D eigenvalue weighted by Crippen LogP contribution is 2.36. The van der Waals surface area contributed by atoms with Crippen molar-refractivity contribution in [3.63, 3.8) is 0 Å². The second kappa shape index (κ2) is 9.13. The first-order valence-corrected chi connectivity index (χ1v) is 9.50. The molecule has 0 fully saturated rings. The van der Waals surface area contributed by atoms with E-state index in [0.717, 1.165) is 28.0 Å². The molecule has 144 valence electrons. The van der Waals surface area contributed by atoms with Crippen molar-refractivity contribution in [1.82, 2.24) is 9.97 Å². The van der Waals surface area contributed by atoms with Crippen LogP contribution in [-0.4, -0.2) is 17.1 Å². The van der Waals surface area contributed by atoms with Crippen molar-refractivity contribution in [1.29, 1.82) is 0 Å². The van der Waals surface area contributed by atoms with Crippen molar-refractivity contribution in [3.05, 3.63) is 126 Å². The van der Waals surface area contributed by atoms with Crippen molar-refractivity contribution >= 4 is 0 Å². The predicted octanol–water partition coefficient (Wildman–Crippen LogP) is 5.38. The topological polar surface area (TPSA) is 44.2 Å². The number of benzene rings is 2. The molecule has 0 aliphatic rings. The first-order valence-electron chi connectivity index (χ1n) is 9.50. The van der Waals surface area contributed by atoms with Gasteiger partial charge in [-0.3, -0.25) is 9.97 Å². The van der Waals surface area contributed by atoms with Crippen LogP contribution in [0.25, 0.3) is 0 Å². The van der Waals surface area contributed by atoms with E-state index in [-0.39, 0.29) is 12.2 Å². The van der Waals surface area contributed by atoms with E-state index < -0.39 is 0 Å². The highest BCUT2D eigenvalue weighted by molar-refractivity contribution is 5.42. The lowest BCUT2D eigenvalue weighted by Crippen LogP contribution is -2.13. The molecule has 0 saturated heterocycles. The van der Waals surface area contributed by atoms with Crippen LogP contribution in [0.15, 0.2) is 104 Å². The third kappa shape index (κ3) is 4.33. The molecule has 0 radical (unpaired) electrons. The van der Waals surface area contributed by atoms with E-state index in [1.54, 1.807) is 19.5 Å². The molecule has 0 aliphatic carbocycles. The molecule has 0 saturated carbocycles. The molecule has 2 aromatic heterocycles. The Morgan fingerprint density at radius 2 is 1.21 bits per heavy atom. The lowest BCUT2D eigenvalue weighted by Gasteiger charge is -2.24. The fourth-order valence-electron chi connectivity index (χ4n) is 3.39. The quantitative estimate of drug-likeness (QED) is 0.430. The van der Waals surface area contributed by atoms with Gasteiger partial charge in [0.1, 0.15) is 11.9 Å². The van der Waals surface area contributed by atoms with Crippen LogP contribution >= 0.6 is 0 Å². The number of para-hydroxylation sites is 1. The number of methoxy groups -OCH3 is 1. The second-order valence-corrected chi connectivity index (χ2v) is 6.63. The summed E-state index contributed by atoms with van der Waals surface area (Å²) < 4.78 is 12.4. The lowest BCUT2D eigenvalue weighted by molar-refractivity contribution is 0.130. The van der Waals surface area contributed by atoms with Crippen LogP contribution in [0.3, 0.4) is 0 Å². The number of rotatable bonds is 7. The Labute approximate surface area is 170 Å². The molecule has 4 heteroatoms. The Morgan fingerprint density at radius 3 is 1.79 bits per heavy atom. The van der Waals surface area contributed by atoms with Crippen LogP contribution in [-0.2, 0) is 4.74 Å². The zero-order valence-electron chi connectivity index (χ0n) is 16.2. The van der Waals surface area contributed by atoms with Crippen LogP contribution in [0.1, 0.15) is 34.5 Å². The van der Waals surface area contributed by atoms with Crippen molar-refractivity contribution in [3.8, 4) is 5.75 Å². The van der Waals surface area contributed by atoms with Gasteiger partial charge in [-0.2, -0.15) is 0 Å². The summed E-state index contributed by atoms with van der Waals surface area (Å²) in [5.74, 6) is 0.765. The molecule has 1 atom stereocenters. The van der Waals surface area contributed by atoms with E-state index in [2.05, 4.69) is 22.1 Å². The highest BCUT2D eigenvalue weighted by Gasteiger charge is 2.22. The van der Waals surface area contributed by atoms with Gasteiger partial charge in [-0.05, 0) is 23.8 Å². The van der Waals surface area contributed by atoms with Crippen LogP contribution in [0.5, 0.6) is 5.75 Å². The molecule has 0 bridgehead atoms. The van der Waals surface area contributed by atoms with E-state index in [9.17, 15) is 0 Å². The van der Waals surface area contributed by atoms with Crippen LogP contribution < -0.4 is 4.74 Å². The minimum atomic E-state index is -0.327. The molecule has 0 spiro atoms. The molecule has 1 unspecified atom stereocenters. The standard InChI is InChI=1S/C25H22N2O2/c1-28-25(19-9-3-2-4-10-19)22-13-5-6-14-23(22)29-24(20-11-7-15-26-17-20)21-12-8-16-27-18-21/h2-18,24-25H,1H3. The van der Waals surface area contributed by atoms with Gasteiger partial charge < -0.3 is 9.47 Å². The number of nitrogens with zero attached hydrogens (tertiary/aromatic N) is 2. The third-order valence-electron chi connectivity index (χ3n) is 4.76. The maximum Gasteiger partial charge on any atom is 0.152 e. The molecule has 4 rings (SSSR count). The zero-order chi connectivity index (χ0) is 19.9. The highest BCUT2D eigenvalue weighted by atomic mass is 16.5. The van der Waals surface area contributed by atoms with Gasteiger partial charge in [0.2, 0.25) is 0 Å². The Morgan fingerprint density at radius 1 is 0.621 bits per heavy atom. The van der Waals surface area contributed by atoms with Gasteiger partial charge in [-0.15, -0.1) is 0 Å². The van der Waals surface area contributed by atoms with Gasteiger partial charge >= 0.3 is 0 Å². The van der Waals surface area contributed by atoms with Gasteiger partial charge in [0.15, 0.2) is 6.10 Å². The van der Waals surface area contributed by atoms with Gasteiger partial charge in [0, 0.05) is 48.6 Å². The molecule has 2 heterocycles. The molecule has 29 heavy (non-hydrogen) atoms. The summed E-state index contributed by atoms with van der Waals surface area (Å²) in [4.78, 5) is 8.54. The normalized spacial score (nSPS) is 11.9. The van der Waals surface area contributed by atoms with Crippen LogP contribution in [0.4, 0.5) is 0 Å². The van der Waals surface area contributed by atoms with Gasteiger partial charge in [0.25, 0.3) is 0 Å². The number of hydrogen-bond donors (Lipinski definition) is 0. The third-order valence-corrected chi connectivity index (χ3v) is 4.76. The van der Waals surface area contributed by atoms with Crippen molar-refractivity contribution in [2.45, 2.75) is 12.2 Å². The second-order valence-electron chi connectivity index (χ2n) is 6.63. The molecule has 4 nitrogen and oxygen atoms in total. The van der Waals surface area contributed by atoms with E-state index in [0.29, 0.717) is 0 Å². The average molecular weight is 382 g/mol. The SMILES string of the molecule is COC(c1ccccc1)c1ccccc1OC(c1cccnc1)c1cccnc1. The molecule has 0 amide bonds. The molecule has 0 N–H and O–H groups in total. The lowest BCUT2D eigenvalue weighted by atomic mass is 10.00. The summed E-state index contributed by atoms with van der Waals surface area (Å²) in [5, 5.41) is 0. The number of aromatic nitrogens is 2. The average Bonchev–Trinajstić information content (AvgIpc) is 2.81. The number of pyridine rings is 2. The molecule has 2 aromatic carbocycles. The molecule has 4 aromatic rings. The Kier molecular flexibility index (Phi) is 5.93. The number of ether oxygens (including phenoxy) is 2. The fraction of sp³-hybridized carbons (Fsp3) is 0.120. The maximum atomic E-state index is 6.56. The largest absolute Gasteiger partial charge is 0.480 e. The number of hydrogen-bond acceptors (Lipinski definition) is 4. The van der Waals surface area contributed by atoms with Crippen LogP contribution in [0.2, 0.25) is 0 Å². The Hall–Kier alpha value is -3.50. The minimum Gasteiger partial charge on any atom is -0.480 e. The van der Waals surface area contributed by atoms with E-state index in [1.807, 2.05) is 79.1 Å². The zero-order valence-corrected chi connectivity index (χ0v) is 16.2.